The summed E-state index contributed by atoms with van der Waals surface area (Å²) in [6, 6.07) is 6.06. The van der Waals surface area contributed by atoms with Crippen molar-refractivity contribution in [2.75, 3.05) is 0 Å². The molecule has 4 atom stereocenters. The van der Waals surface area contributed by atoms with Crippen molar-refractivity contribution in [1.82, 2.24) is 35.6 Å². The highest BCUT2D eigenvalue weighted by Crippen LogP contribution is 2.35. The number of benzene rings is 1. The fourth-order valence-corrected chi connectivity index (χ4v) is 4.65. The Morgan fingerprint density at radius 3 is 2.85 bits per heavy atom. The molecule has 10 heteroatoms. The van der Waals surface area contributed by atoms with E-state index in [0.717, 1.165) is 19.3 Å². The fourth-order valence-electron chi connectivity index (χ4n) is 4.65. The normalized spacial score (nSPS) is 22.2. The summed E-state index contributed by atoms with van der Waals surface area (Å²) in [5, 5.41) is 23.8. The van der Waals surface area contributed by atoms with Crippen LogP contribution < -0.4 is 10.6 Å². The van der Waals surface area contributed by atoms with Crippen molar-refractivity contribution in [2.24, 2.45) is 5.92 Å². The monoisotopic (exact) mass is 446 g/mol. The Bertz CT molecular complexity index is 1220. The maximum Gasteiger partial charge on any atom is 0.238 e. The summed E-state index contributed by atoms with van der Waals surface area (Å²) in [6.45, 7) is 1.79. The van der Waals surface area contributed by atoms with E-state index in [0.29, 0.717) is 40.3 Å². The van der Waals surface area contributed by atoms with Crippen LogP contribution in [0.25, 0.3) is 16.9 Å². The SMILES string of the molecule is Cc1ncc(-c2cn(-c3ccc(C[C@@H](C#N)NC(=O)[C@H]4N[C@@H]5CC[C@H]4C5)c(F)c3)nn2)cn1. The van der Waals surface area contributed by atoms with Gasteiger partial charge in [-0.2, -0.15) is 5.26 Å². The van der Waals surface area contributed by atoms with Gasteiger partial charge in [0.15, 0.2) is 0 Å². The van der Waals surface area contributed by atoms with Crippen LogP contribution in [0.5, 0.6) is 0 Å². The Hall–Kier alpha value is -3.71. The Morgan fingerprint density at radius 2 is 2.18 bits per heavy atom. The number of hydrogen-bond acceptors (Lipinski definition) is 7. The molecule has 0 radical (unpaired) electrons. The highest BCUT2D eigenvalue weighted by atomic mass is 19.1. The molecule has 2 aliphatic rings. The number of piperidine rings is 1. The first-order valence-electron chi connectivity index (χ1n) is 11.0. The van der Waals surface area contributed by atoms with E-state index in [1.165, 1.54) is 10.7 Å². The molecule has 1 saturated heterocycles. The van der Waals surface area contributed by atoms with E-state index in [-0.39, 0.29) is 18.4 Å². The minimum Gasteiger partial charge on any atom is -0.339 e. The number of carbonyl (C=O) groups excluding carboxylic acids is 1. The maximum absolute atomic E-state index is 14.9. The van der Waals surface area contributed by atoms with E-state index < -0.39 is 11.9 Å². The molecule has 1 amide bonds. The highest BCUT2D eigenvalue weighted by molar-refractivity contribution is 5.83. The van der Waals surface area contributed by atoms with Crippen molar-refractivity contribution in [1.29, 1.82) is 5.26 Å². The molecule has 1 aliphatic heterocycles. The van der Waals surface area contributed by atoms with Crippen LogP contribution in [0.1, 0.15) is 30.7 Å². The van der Waals surface area contributed by atoms with E-state index in [2.05, 4.69) is 37.0 Å². The second-order valence-corrected chi connectivity index (χ2v) is 8.65. The number of halogens is 1. The number of nitriles is 1. The molecule has 33 heavy (non-hydrogen) atoms. The number of amides is 1. The maximum atomic E-state index is 14.9. The lowest BCUT2D eigenvalue weighted by atomic mass is 9.98. The van der Waals surface area contributed by atoms with Gasteiger partial charge in [-0.25, -0.2) is 19.0 Å². The zero-order valence-corrected chi connectivity index (χ0v) is 18.1. The lowest BCUT2D eigenvalue weighted by Crippen LogP contribution is -2.50. The summed E-state index contributed by atoms with van der Waals surface area (Å²) in [7, 11) is 0. The molecule has 2 N–H and O–H groups in total. The van der Waals surface area contributed by atoms with Gasteiger partial charge in [0.2, 0.25) is 5.91 Å². The van der Waals surface area contributed by atoms with Crippen LogP contribution in [0.4, 0.5) is 4.39 Å². The predicted molar refractivity (Wildman–Crippen MR) is 116 cm³/mol. The average molecular weight is 446 g/mol. The van der Waals surface area contributed by atoms with Crippen molar-refractivity contribution >= 4 is 5.91 Å². The zero-order valence-electron chi connectivity index (χ0n) is 18.1. The molecule has 9 nitrogen and oxygen atoms in total. The minimum atomic E-state index is -0.807. The second-order valence-electron chi connectivity index (χ2n) is 8.65. The largest absolute Gasteiger partial charge is 0.339 e. The summed E-state index contributed by atoms with van der Waals surface area (Å²) < 4.78 is 16.3. The van der Waals surface area contributed by atoms with Gasteiger partial charge in [0.1, 0.15) is 23.4 Å². The molecule has 168 valence electrons. The lowest BCUT2D eigenvalue weighted by Gasteiger charge is -2.23. The number of carbonyl (C=O) groups is 1. The lowest BCUT2D eigenvalue weighted by molar-refractivity contribution is -0.124. The zero-order chi connectivity index (χ0) is 22.9. The highest BCUT2D eigenvalue weighted by Gasteiger charge is 2.43. The first-order valence-corrected chi connectivity index (χ1v) is 11.0. The third kappa shape index (κ3) is 4.32. The fraction of sp³-hybridized carbons (Fsp3) is 0.391. The quantitative estimate of drug-likeness (QED) is 0.593. The Labute approximate surface area is 190 Å². The summed E-state index contributed by atoms with van der Waals surface area (Å²) in [6.07, 6.45) is 8.20. The molecule has 1 saturated carbocycles. The summed E-state index contributed by atoms with van der Waals surface area (Å²) in [4.78, 5) is 20.9. The summed E-state index contributed by atoms with van der Waals surface area (Å²) in [5.41, 5.74) is 2.12. The van der Waals surface area contributed by atoms with Crippen LogP contribution in [0, 0.1) is 30.0 Å². The molecular formula is C23H23FN8O. The first kappa shape index (κ1) is 21.2. The number of nitrogens with one attached hydrogen (secondary N) is 2. The summed E-state index contributed by atoms with van der Waals surface area (Å²) >= 11 is 0. The van der Waals surface area contributed by atoms with Crippen LogP contribution in [-0.4, -0.2) is 49.0 Å². The van der Waals surface area contributed by atoms with E-state index >= 15 is 0 Å². The Balaban J connectivity index is 1.26. The molecule has 2 fully saturated rings. The van der Waals surface area contributed by atoms with Gasteiger partial charge >= 0.3 is 0 Å². The smallest absolute Gasteiger partial charge is 0.238 e. The van der Waals surface area contributed by atoms with Crippen LogP contribution in [0.2, 0.25) is 0 Å². The molecule has 1 aliphatic carbocycles. The third-order valence-corrected chi connectivity index (χ3v) is 6.41. The molecule has 2 bridgehead atoms. The molecule has 1 aromatic carbocycles. The van der Waals surface area contributed by atoms with E-state index in [9.17, 15) is 14.4 Å². The Morgan fingerprint density at radius 1 is 1.36 bits per heavy atom. The average Bonchev–Trinajstić information content (AvgIpc) is 3.57. The van der Waals surface area contributed by atoms with Crippen LogP contribution in [0.15, 0.2) is 36.8 Å². The molecule has 0 unspecified atom stereocenters. The number of hydrogen-bond donors (Lipinski definition) is 2. The van der Waals surface area contributed by atoms with Gasteiger partial charge in [0.25, 0.3) is 0 Å². The van der Waals surface area contributed by atoms with Crippen molar-refractivity contribution < 1.29 is 9.18 Å². The van der Waals surface area contributed by atoms with Crippen molar-refractivity contribution in [3.8, 4) is 23.0 Å². The van der Waals surface area contributed by atoms with Gasteiger partial charge < -0.3 is 10.6 Å². The molecule has 3 aromatic rings. The molecular weight excluding hydrogens is 423 g/mol. The molecule has 3 heterocycles. The van der Waals surface area contributed by atoms with Crippen LogP contribution >= 0.6 is 0 Å². The number of rotatable bonds is 6. The topological polar surface area (TPSA) is 121 Å². The van der Waals surface area contributed by atoms with Gasteiger partial charge in [-0.15, -0.1) is 5.10 Å². The van der Waals surface area contributed by atoms with Crippen LogP contribution in [-0.2, 0) is 11.2 Å². The second kappa shape index (κ2) is 8.67. The molecule has 2 aromatic heterocycles. The third-order valence-electron chi connectivity index (χ3n) is 6.41. The molecule has 0 spiro atoms. The van der Waals surface area contributed by atoms with Crippen molar-refractivity contribution in [3.63, 3.8) is 0 Å². The van der Waals surface area contributed by atoms with Crippen molar-refractivity contribution in [3.05, 3.63) is 54.0 Å². The number of aryl methyl sites for hydroxylation is 1. The van der Waals surface area contributed by atoms with Gasteiger partial charge in [0, 0.05) is 30.4 Å². The van der Waals surface area contributed by atoms with Gasteiger partial charge in [-0.1, -0.05) is 11.3 Å². The number of fused-ring (bicyclic) bond motifs is 2. The van der Waals surface area contributed by atoms with E-state index in [4.69, 9.17) is 0 Å². The Kier molecular flexibility index (Phi) is 5.56. The van der Waals surface area contributed by atoms with E-state index in [1.54, 1.807) is 37.6 Å². The summed E-state index contributed by atoms with van der Waals surface area (Å²) in [5.74, 6) is 0.323. The van der Waals surface area contributed by atoms with Gasteiger partial charge in [-0.05, 0) is 49.8 Å². The first-order chi connectivity index (χ1) is 16.0. The molecule has 5 rings (SSSR count). The van der Waals surface area contributed by atoms with Crippen LogP contribution in [0.3, 0.4) is 0 Å². The van der Waals surface area contributed by atoms with Gasteiger partial charge in [0.05, 0.1) is 24.0 Å². The number of aromatic nitrogens is 5. The minimum absolute atomic E-state index is 0.0818. The standard InChI is InChI=1S/C23H23FN8O/c1-13-26-10-16(11-27-13)21-12-32(31-30-21)19-5-3-14(20(24)8-19)6-18(9-25)29-23(33)22-15-2-4-17(7-15)28-22/h3,5,8,10-12,15,17-18,22,28H,2,4,6-7H2,1H3,(H,29,33)/t15-,17+,18-,22-/m0/s1. The predicted octanol–water partition coefficient (Wildman–Crippen LogP) is 1.86. The van der Waals surface area contributed by atoms with Crippen molar-refractivity contribution in [2.45, 2.75) is 50.7 Å². The van der Waals surface area contributed by atoms with Gasteiger partial charge in [-0.3, -0.25) is 4.79 Å². The van der Waals surface area contributed by atoms with E-state index in [1.807, 2.05) is 0 Å². The number of nitrogens with zero attached hydrogens (tertiary/aromatic N) is 6.